The van der Waals surface area contributed by atoms with Crippen molar-refractivity contribution < 1.29 is 0 Å². The number of benzene rings is 4. The van der Waals surface area contributed by atoms with E-state index in [1.165, 1.54) is 22.3 Å². The highest BCUT2D eigenvalue weighted by Crippen LogP contribution is 2.41. The fourth-order valence-corrected chi connectivity index (χ4v) is 3.92. The van der Waals surface area contributed by atoms with Crippen molar-refractivity contribution in [1.82, 2.24) is 0 Å². The van der Waals surface area contributed by atoms with Crippen LogP contribution >= 0.6 is 0 Å². The number of nitrogens with zero attached hydrogens (tertiary/aromatic N) is 1. The molecule has 0 aliphatic heterocycles. The number of para-hydroxylation sites is 1. The van der Waals surface area contributed by atoms with Crippen LogP contribution in [0.15, 0.2) is 97.1 Å². The fraction of sp³-hybridized carbons (Fsp3) is 0.0400. The van der Waals surface area contributed by atoms with Crippen molar-refractivity contribution in [2.75, 3.05) is 4.90 Å². The van der Waals surface area contributed by atoms with Crippen LogP contribution in [0.5, 0.6) is 0 Å². The molecule has 2 heteroatoms. The molecule has 4 aromatic carbocycles. The molecular formula is C25H18BN. The molecule has 0 amide bonds. The lowest BCUT2D eigenvalue weighted by atomic mass is 9.96. The van der Waals surface area contributed by atoms with E-state index in [1.807, 2.05) is 18.2 Å². The molecule has 1 aliphatic rings. The highest BCUT2D eigenvalue weighted by Gasteiger charge is 2.20. The third-order valence-electron chi connectivity index (χ3n) is 5.20. The van der Waals surface area contributed by atoms with Gasteiger partial charge in [0.1, 0.15) is 7.85 Å². The van der Waals surface area contributed by atoms with Gasteiger partial charge in [-0.2, -0.15) is 0 Å². The molecule has 0 saturated heterocycles. The quantitative estimate of drug-likeness (QED) is 0.390. The van der Waals surface area contributed by atoms with Gasteiger partial charge in [-0.1, -0.05) is 66.1 Å². The number of anilines is 3. The summed E-state index contributed by atoms with van der Waals surface area (Å²) in [4.78, 5) is 2.28. The largest absolute Gasteiger partial charge is 0.310 e. The fourth-order valence-electron chi connectivity index (χ4n) is 3.92. The zero-order valence-electron chi connectivity index (χ0n) is 15.0. The minimum Gasteiger partial charge on any atom is -0.310 e. The van der Waals surface area contributed by atoms with Crippen molar-refractivity contribution >= 4 is 30.4 Å². The minimum atomic E-state index is 0.774. The Bertz CT molecular complexity index is 1100. The van der Waals surface area contributed by atoms with Crippen molar-refractivity contribution in [3.63, 3.8) is 0 Å². The first-order valence-electron chi connectivity index (χ1n) is 9.21. The molecule has 0 aromatic heterocycles. The van der Waals surface area contributed by atoms with Crippen LogP contribution in [0.2, 0.25) is 0 Å². The van der Waals surface area contributed by atoms with Gasteiger partial charge < -0.3 is 4.90 Å². The molecule has 0 fully saturated rings. The number of hydrogen-bond donors (Lipinski definition) is 0. The molecule has 2 radical (unpaired) electrons. The van der Waals surface area contributed by atoms with E-state index < -0.39 is 0 Å². The topological polar surface area (TPSA) is 3.24 Å². The Morgan fingerprint density at radius 2 is 1.19 bits per heavy atom. The molecule has 0 bridgehead atoms. The first kappa shape index (κ1) is 16.0. The molecule has 0 saturated carbocycles. The Balaban J connectivity index is 1.63. The number of fused-ring (bicyclic) bond motifs is 3. The first-order valence-corrected chi connectivity index (χ1v) is 9.21. The Kier molecular flexibility index (Phi) is 3.83. The van der Waals surface area contributed by atoms with Gasteiger partial charge >= 0.3 is 0 Å². The maximum absolute atomic E-state index is 5.91. The standard InChI is InChI=1S/C25H18BN/c26-20-10-12-22(13-11-20)27(21-7-2-1-3-8-21)23-14-15-25-19(17-23)16-18-6-4-5-9-24(18)25/h1-15,17H,16H2. The monoisotopic (exact) mass is 343 g/mol. The normalized spacial score (nSPS) is 11.7. The Morgan fingerprint density at radius 3 is 2.00 bits per heavy atom. The van der Waals surface area contributed by atoms with E-state index in [0.29, 0.717) is 0 Å². The maximum Gasteiger partial charge on any atom is 0.113 e. The predicted molar refractivity (Wildman–Crippen MR) is 115 cm³/mol. The summed E-state index contributed by atoms with van der Waals surface area (Å²) in [7, 11) is 5.91. The second-order valence-electron chi connectivity index (χ2n) is 6.94. The van der Waals surface area contributed by atoms with Gasteiger partial charge in [-0.25, -0.2) is 0 Å². The highest BCUT2D eigenvalue weighted by atomic mass is 15.1. The third kappa shape index (κ3) is 2.84. The van der Waals surface area contributed by atoms with Crippen LogP contribution in [0.3, 0.4) is 0 Å². The van der Waals surface area contributed by atoms with Crippen molar-refractivity contribution in [3.05, 3.63) is 108 Å². The molecule has 27 heavy (non-hydrogen) atoms. The maximum atomic E-state index is 5.91. The molecule has 0 spiro atoms. The van der Waals surface area contributed by atoms with E-state index in [1.54, 1.807) is 0 Å². The minimum absolute atomic E-state index is 0.774. The molecular weight excluding hydrogens is 325 g/mol. The van der Waals surface area contributed by atoms with Crippen molar-refractivity contribution in [2.45, 2.75) is 6.42 Å². The van der Waals surface area contributed by atoms with Gasteiger partial charge in [-0.3, -0.25) is 0 Å². The van der Waals surface area contributed by atoms with Gasteiger partial charge in [0.05, 0.1) is 0 Å². The lowest BCUT2D eigenvalue weighted by Gasteiger charge is -2.26. The lowest BCUT2D eigenvalue weighted by Crippen LogP contribution is -2.11. The predicted octanol–water partition coefficient (Wildman–Crippen LogP) is 5.52. The van der Waals surface area contributed by atoms with Crippen LogP contribution in [-0.4, -0.2) is 7.85 Å². The van der Waals surface area contributed by atoms with Crippen LogP contribution in [0.1, 0.15) is 11.1 Å². The van der Waals surface area contributed by atoms with Crippen LogP contribution in [0.4, 0.5) is 17.1 Å². The van der Waals surface area contributed by atoms with E-state index >= 15 is 0 Å². The van der Waals surface area contributed by atoms with Crippen LogP contribution in [0.25, 0.3) is 11.1 Å². The average molecular weight is 343 g/mol. The second kappa shape index (κ2) is 6.48. The zero-order valence-corrected chi connectivity index (χ0v) is 15.0. The smallest absolute Gasteiger partial charge is 0.113 e. The number of rotatable bonds is 3. The summed E-state index contributed by atoms with van der Waals surface area (Å²) < 4.78 is 0. The van der Waals surface area contributed by atoms with E-state index in [0.717, 1.165) is 28.9 Å². The molecule has 0 heterocycles. The van der Waals surface area contributed by atoms with E-state index in [2.05, 4.69) is 83.8 Å². The van der Waals surface area contributed by atoms with Gasteiger partial charge in [-0.15, -0.1) is 0 Å². The van der Waals surface area contributed by atoms with Crippen molar-refractivity contribution in [3.8, 4) is 11.1 Å². The zero-order chi connectivity index (χ0) is 18.2. The average Bonchev–Trinajstić information content (AvgIpc) is 3.08. The van der Waals surface area contributed by atoms with Gasteiger partial charge in [-0.05, 0) is 65.1 Å². The molecule has 0 unspecified atom stereocenters. The summed E-state index contributed by atoms with van der Waals surface area (Å²) in [6, 6.07) is 34.0. The molecule has 4 aromatic rings. The molecule has 0 atom stereocenters. The Morgan fingerprint density at radius 1 is 0.556 bits per heavy atom. The Labute approximate surface area is 161 Å². The van der Waals surface area contributed by atoms with E-state index in [-0.39, 0.29) is 0 Å². The summed E-state index contributed by atoms with van der Waals surface area (Å²) in [6.07, 6.45) is 0.990. The summed E-state index contributed by atoms with van der Waals surface area (Å²) in [5, 5.41) is 0. The molecule has 1 aliphatic carbocycles. The molecule has 0 N–H and O–H groups in total. The van der Waals surface area contributed by atoms with Gasteiger partial charge in [0.15, 0.2) is 0 Å². The first-order chi connectivity index (χ1) is 13.3. The van der Waals surface area contributed by atoms with Gasteiger partial charge in [0.25, 0.3) is 0 Å². The summed E-state index contributed by atoms with van der Waals surface area (Å²) in [5.74, 6) is 0. The van der Waals surface area contributed by atoms with Crippen LogP contribution in [0, 0.1) is 0 Å². The molecule has 126 valence electrons. The van der Waals surface area contributed by atoms with Crippen molar-refractivity contribution in [1.29, 1.82) is 0 Å². The number of hydrogen-bond acceptors (Lipinski definition) is 1. The highest BCUT2D eigenvalue weighted by molar-refractivity contribution is 6.32. The van der Waals surface area contributed by atoms with Gasteiger partial charge in [0, 0.05) is 17.1 Å². The van der Waals surface area contributed by atoms with Gasteiger partial charge in [0.2, 0.25) is 0 Å². The summed E-state index contributed by atoms with van der Waals surface area (Å²) >= 11 is 0. The Hall–Kier alpha value is -3.26. The van der Waals surface area contributed by atoms with E-state index in [9.17, 15) is 0 Å². The summed E-state index contributed by atoms with van der Waals surface area (Å²) in [6.45, 7) is 0. The third-order valence-corrected chi connectivity index (χ3v) is 5.20. The van der Waals surface area contributed by atoms with Crippen molar-refractivity contribution in [2.24, 2.45) is 0 Å². The molecule has 5 rings (SSSR count). The molecule has 1 nitrogen and oxygen atoms in total. The second-order valence-corrected chi connectivity index (χ2v) is 6.94. The van der Waals surface area contributed by atoms with Crippen LogP contribution in [-0.2, 0) is 6.42 Å². The summed E-state index contributed by atoms with van der Waals surface area (Å²) in [5.41, 5.74) is 9.67. The van der Waals surface area contributed by atoms with Crippen LogP contribution < -0.4 is 10.4 Å². The SMILES string of the molecule is [B]c1ccc(N(c2ccccc2)c2ccc3c(c2)Cc2ccccc2-3)cc1. The lowest BCUT2D eigenvalue weighted by molar-refractivity contribution is 1.23. The van der Waals surface area contributed by atoms with E-state index in [4.69, 9.17) is 7.85 Å².